The molecule has 1 saturated heterocycles. The van der Waals surface area contributed by atoms with Crippen LogP contribution in [0.2, 0.25) is 5.02 Å². The summed E-state index contributed by atoms with van der Waals surface area (Å²) < 4.78 is 27.0. The molecule has 5 nitrogen and oxygen atoms in total. The molecule has 1 aromatic rings. The molecule has 0 N–H and O–H groups in total. The molecule has 1 aliphatic carbocycles. The Labute approximate surface area is 174 Å². The third-order valence-electron chi connectivity index (χ3n) is 6.30. The first-order valence-corrected chi connectivity index (χ1v) is 12.0. The molecule has 0 radical (unpaired) electrons. The van der Waals surface area contributed by atoms with Crippen LogP contribution in [0.15, 0.2) is 29.2 Å². The van der Waals surface area contributed by atoms with E-state index in [2.05, 4.69) is 20.8 Å². The van der Waals surface area contributed by atoms with Gasteiger partial charge < -0.3 is 4.90 Å². The second-order valence-electron chi connectivity index (χ2n) is 9.10. The molecule has 156 valence electrons. The van der Waals surface area contributed by atoms with Crippen molar-refractivity contribution in [2.75, 3.05) is 26.2 Å². The summed E-state index contributed by atoms with van der Waals surface area (Å²) in [5, 5.41) is 0.510. The molecule has 0 bridgehead atoms. The predicted octanol–water partition coefficient (Wildman–Crippen LogP) is 4.03. The van der Waals surface area contributed by atoms with E-state index in [0.29, 0.717) is 42.5 Å². The van der Waals surface area contributed by atoms with Gasteiger partial charge in [-0.3, -0.25) is 4.79 Å². The second kappa shape index (κ2) is 8.33. The fraction of sp³-hybridized carbons (Fsp3) is 0.667. The van der Waals surface area contributed by atoms with Gasteiger partial charge in [0, 0.05) is 37.1 Å². The standard InChI is InChI=1S/C21H31ClN2O3S/c1-21(2,3)17-6-4-16(5-7-17)20(25)23-12-14-24(15-13-23)28(26,27)19-10-8-18(22)9-11-19/h8-11,16-17H,4-7,12-15H2,1-3H3. The quantitative estimate of drug-likeness (QED) is 0.733. The van der Waals surface area contributed by atoms with Crippen molar-refractivity contribution in [3.63, 3.8) is 0 Å². The molecule has 1 aromatic carbocycles. The molecule has 0 atom stereocenters. The summed E-state index contributed by atoms with van der Waals surface area (Å²) in [6.07, 6.45) is 4.10. The van der Waals surface area contributed by atoms with Crippen LogP contribution in [0.25, 0.3) is 0 Å². The Balaban J connectivity index is 1.55. The van der Waals surface area contributed by atoms with Crippen LogP contribution in [-0.4, -0.2) is 49.7 Å². The lowest BCUT2D eigenvalue weighted by Gasteiger charge is -2.39. The van der Waals surface area contributed by atoms with E-state index in [-0.39, 0.29) is 16.7 Å². The SMILES string of the molecule is CC(C)(C)C1CCC(C(=O)N2CCN(S(=O)(=O)c3ccc(Cl)cc3)CC2)CC1. The van der Waals surface area contributed by atoms with E-state index in [9.17, 15) is 13.2 Å². The van der Waals surface area contributed by atoms with Gasteiger partial charge in [-0.2, -0.15) is 4.31 Å². The fourth-order valence-electron chi connectivity index (χ4n) is 4.37. The number of sulfonamides is 1. The number of amides is 1. The van der Waals surface area contributed by atoms with Crippen molar-refractivity contribution in [1.29, 1.82) is 0 Å². The summed E-state index contributed by atoms with van der Waals surface area (Å²) >= 11 is 5.86. The van der Waals surface area contributed by atoms with Crippen molar-refractivity contribution in [3.8, 4) is 0 Å². The molecular formula is C21H31ClN2O3S. The Hall–Kier alpha value is -1.11. The average molecular weight is 427 g/mol. The maximum atomic E-state index is 12.9. The van der Waals surface area contributed by atoms with Crippen LogP contribution in [0.4, 0.5) is 0 Å². The highest BCUT2D eigenvalue weighted by Crippen LogP contribution is 2.40. The van der Waals surface area contributed by atoms with Crippen LogP contribution in [0.5, 0.6) is 0 Å². The van der Waals surface area contributed by atoms with Crippen molar-refractivity contribution >= 4 is 27.5 Å². The third kappa shape index (κ3) is 4.71. The van der Waals surface area contributed by atoms with Crippen LogP contribution in [-0.2, 0) is 14.8 Å². The highest BCUT2D eigenvalue weighted by Gasteiger charge is 2.36. The molecule has 0 aromatic heterocycles. The molecule has 1 saturated carbocycles. The third-order valence-corrected chi connectivity index (χ3v) is 8.47. The van der Waals surface area contributed by atoms with Gasteiger partial charge in [0.25, 0.3) is 0 Å². The van der Waals surface area contributed by atoms with Gasteiger partial charge in [0.1, 0.15) is 0 Å². The van der Waals surface area contributed by atoms with E-state index in [1.807, 2.05) is 4.90 Å². The summed E-state index contributed by atoms with van der Waals surface area (Å²) in [4.78, 5) is 15.0. The largest absolute Gasteiger partial charge is 0.340 e. The Bertz CT molecular complexity index is 786. The van der Waals surface area contributed by atoms with E-state index >= 15 is 0 Å². The highest BCUT2D eigenvalue weighted by atomic mass is 35.5. The van der Waals surface area contributed by atoms with Gasteiger partial charge in [0.2, 0.25) is 15.9 Å². The number of benzene rings is 1. The van der Waals surface area contributed by atoms with Crippen LogP contribution in [0, 0.1) is 17.3 Å². The second-order valence-corrected chi connectivity index (χ2v) is 11.5. The molecule has 3 rings (SSSR count). The van der Waals surface area contributed by atoms with Gasteiger partial charge in [-0.1, -0.05) is 32.4 Å². The normalized spacial score (nSPS) is 24.9. The first-order valence-electron chi connectivity index (χ1n) is 10.1. The van der Waals surface area contributed by atoms with Gasteiger partial charge in [0.05, 0.1) is 4.90 Å². The lowest BCUT2D eigenvalue weighted by molar-refractivity contribution is -0.138. The predicted molar refractivity (Wildman–Crippen MR) is 112 cm³/mol. The Morgan fingerprint density at radius 2 is 1.50 bits per heavy atom. The topological polar surface area (TPSA) is 57.7 Å². The summed E-state index contributed by atoms with van der Waals surface area (Å²) in [5.41, 5.74) is 0.301. The Kier molecular flexibility index (Phi) is 6.42. The van der Waals surface area contributed by atoms with E-state index in [1.165, 1.54) is 16.4 Å². The average Bonchev–Trinajstić information content (AvgIpc) is 2.67. The number of rotatable bonds is 3. The molecule has 28 heavy (non-hydrogen) atoms. The lowest BCUT2D eigenvalue weighted by Crippen LogP contribution is -2.52. The molecule has 2 aliphatic rings. The van der Waals surface area contributed by atoms with E-state index in [0.717, 1.165) is 25.7 Å². The molecule has 0 spiro atoms. The monoisotopic (exact) mass is 426 g/mol. The van der Waals surface area contributed by atoms with Gasteiger partial charge in [-0.25, -0.2) is 8.42 Å². The van der Waals surface area contributed by atoms with Gasteiger partial charge in [0.15, 0.2) is 0 Å². The number of hydrogen-bond donors (Lipinski definition) is 0. The molecule has 1 amide bonds. The van der Waals surface area contributed by atoms with Crippen LogP contribution >= 0.6 is 11.6 Å². The zero-order valence-electron chi connectivity index (χ0n) is 17.0. The smallest absolute Gasteiger partial charge is 0.243 e. The van der Waals surface area contributed by atoms with Crippen LogP contribution < -0.4 is 0 Å². The van der Waals surface area contributed by atoms with Gasteiger partial charge >= 0.3 is 0 Å². The number of halogens is 1. The summed E-state index contributed by atoms with van der Waals surface area (Å²) in [6.45, 7) is 8.44. The molecular weight excluding hydrogens is 396 g/mol. The van der Waals surface area contributed by atoms with Crippen molar-refractivity contribution in [1.82, 2.24) is 9.21 Å². The number of piperazine rings is 1. The van der Waals surface area contributed by atoms with E-state index in [1.54, 1.807) is 12.1 Å². The van der Waals surface area contributed by atoms with Crippen molar-refractivity contribution in [2.45, 2.75) is 51.3 Å². The van der Waals surface area contributed by atoms with Crippen molar-refractivity contribution < 1.29 is 13.2 Å². The zero-order chi connectivity index (χ0) is 20.5. The molecule has 2 fully saturated rings. The van der Waals surface area contributed by atoms with E-state index < -0.39 is 10.0 Å². The van der Waals surface area contributed by atoms with Gasteiger partial charge in [-0.15, -0.1) is 0 Å². The maximum Gasteiger partial charge on any atom is 0.243 e. The minimum absolute atomic E-state index is 0.0954. The highest BCUT2D eigenvalue weighted by molar-refractivity contribution is 7.89. The fourth-order valence-corrected chi connectivity index (χ4v) is 5.92. The Morgan fingerprint density at radius 1 is 0.964 bits per heavy atom. The number of hydrogen-bond acceptors (Lipinski definition) is 3. The van der Waals surface area contributed by atoms with Crippen molar-refractivity contribution in [2.24, 2.45) is 17.3 Å². The minimum atomic E-state index is -3.54. The molecule has 7 heteroatoms. The Morgan fingerprint density at radius 3 is 2.00 bits per heavy atom. The molecule has 0 unspecified atom stereocenters. The molecule has 1 aliphatic heterocycles. The first kappa shape index (κ1) is 21.6. The van der Waals surface area contributed by atoms with E-state index in [4.69, 9.17) is 11.6 Å². The summed E-state index contributed by atoms with van der Waals surface area (Å²) in [7, 11) is -3.54. The van der Waals surface area contributed by atoms with Crippen LogP contribution in [0.3, 0.4) is 0 Å². The first-order chi connectivity index (χ1) is 13.1. The minimum Gasteiger partial charge on any atom is -0.340 e. The number of nitrogens with zero attached hydrogens (tertiary/aromatic N) is 2. The van der Waals surface area contributed by atoms with Gasteiger partial charge in [-0.05, 0) is 61.3 Å². The lowest BCUT2D eigenvalue weighted by atomic mass is 9.69. The molecule has 1 heterocycles. The number of carbonyl (C=O) groups is 1. The van der Waals surface area contributed by atoms with Crippen LogP contribution in [0.1, 0.15) is 46.5 Å². The summed E-state index contributed by atoms with van der Waals surface area (Å²) in [6, 6.07) is 6.23. The van der Waals surface area contributed by atoms with Crippen molar-refractivity contribution in [3.05, 3.63) is 29.3 Å². The maximum absolute atomic E-state index is 12.9. The summed E-state index contributed by atoms with van der Waals surface area (Å²) in [5.74, 6) is 0.979. The number of carbonyl (C=O) groups excluding carboxylic acids is 1. The zero-order valence-corrected chi connectivity index (χ0v) is 18.6.